The van der Waals surface area contributed by atoms with E-state index in [1.54, 1.807) is 27.8 Å². The van der Waals surface area contributed by atoms with E-state index in [1.165, 1.54) is 0 Å². The predicted molar refractivity (Wildman–Crippen MR) is 80.3 cm³/mol. The summed E-state index contributed by atoms with van der Waals surface area (Å²) in [5.74, 6) is 0. The van der Waals surface area contributed by atoms with Crippen LogP contribution in [0.2, 0.25) is 0 Å². The molecule has 0 unspecified atom stereocenters. The highest BCUT2D eigenvalue weighted by molar-refractivity contribution is 7.89. The smallest absolute Gasteiger partial charge is 0.242 e. The minimum Gasteiger partial charge on any atom is -0.242 e. The fourth-order valence-corrected chi connectivity index (χ4v) is 4.51. The Labute approximate surface area is 123 Å². The standard InChI is InChI=1S/C14H16N2O2S2/c1-11-15-14(10-19-11)12-4-6-13(7-5-12)20(17,18)16-8-2-3-9-16/h4-7,10H,2-3,8-9H2,1H3. The van der Waals surface area contributed by atoms with Gasteiger partial charge in [-0.05, 0) is 31.9 Å². The van der Waals surface area contributed by atoms with Gasteiger partial charge < -0.3 is 0 Å². The van der Waals surface area contributed by atoms with Gasteiger partial charge in [-0.2, -0.15) is 4.31 Å². The molecule has 6 heteroatoms. The lowest BCUT2D eigenvalue weighted by Gasteiger charge is -2.15. The van der Waals surface area contributed by atoms with Crippen molar-refractivity contribution in [2.45, 2.75) is 24.7 Å². The Morgan fingerprint density at radius 1 is 1.15 bits per heavy atom. The zero-order valence-electron chi connectivity index (χ0n) is 11.2. The Hall–Kier alpha value is -1.24. The van der Waals surface area contributed by atoms with Crippen molar-refractivity contribution >= 4 is 21.4 Å². The lowest BCUT2D eigenvalue weighted by molar-refractivity contribution is 0.477. The molecule has 0 aliphatic carbocycles. The van der Waals surface area contributed by atoms with Crippen LogP contribution in [0.3, 0.4) is 0 Å². The van der Waals surface area contributed by atoms with Gasteiger partial charge in [0, 0.05) is 24.0 Å². The molecule has 1 aromatic carbocycles. The zero-order valence-corrected chi connectivity index (χ0v) is 12.9. The van der Waals surface area contributed by atoms with E-state index in [9.17, 15) is 8.42 Å². The van der Waals surface area contributed by atoms with E-state index in [2.05, 4.69) is 4.98 Å². The maximum absolute atomic E-state index is 12.4. The molecule has 0 N–H and O–H groups in total. The molecule has 20 heavy (non-hydrogen) atoms. The molecule has 1 aliphatic heterocycles. The first-order valence-corrected chi connectivity index (χ1v) is 8.92. The first-order valence-electron chi connectivity index (χ1n) is 6.60. The van der Waals surface area contributed by atoms with Crippen LogP contribution >= 0.6 is 11.3 Å². The number of thiazole rings is 1. The van der Waals surface area contributed by atoms with Gasteiger partial charge in [0.2, 0.25) is 10.0 Å². The van der Waals surface area contributed by atoms with Crippen LogP contribution in [0.5, 0.6) is 0 Å². The van der Waals surface area contributed by atoms with Gasteiger partial charge in [-0.15, -0.1) is 11.3 Å². The SMILES string of the molecule is Cc1nc(-c2ccc(S(=O)(=O)N3CCCC3)cc2)cs1. The fourth-order valence-electron chi connectivity index (χ4n) is 2.37. The lowest BCUT2D eigenvalue weighted by Crippen LogP contribution is -2.27. The highest BCUT2D eigenvalue weighted by Gasteiger charge is 2.26. The van der Waals surface area contributed by atoms with Crippen molar-refractivity contribution in [3.8, 4) is 11.3 Å². The summed E-state index contributed by atoms with van der Waals surface area (Å²) in [6.45, 7) is 3.23. The van der Waals surface area contributed by atoms with E-state index < -0.39 is 10.0 Å². The van der Waals surface area contributed by atoms with Gasteiger partial charge in [0.1, 0.15) is 0 Å². The minimum absolute atomic E-state index is 0.370. The van der Waals surface area contributed by atoms with E-state index in [0.29, 0.717) is 18.0 Å². The van der Waals surface area contributed by atoms with Crippen molar-refractivity contribution < 1.29 is 8.42 Å². The summed E-state index contributed by atoms with van der Waals surface area (Å²) >= 11 is 1.59. The van der Waals surface area contributed by atoms with Crippen LogP contribution in [0.1, 0.15) is 17.8 Å². The van der Waals surface area contributed by atoms with Gasteiger partial charge in [0.25, 0.3) is 0 Å². The molecule has 0 atom stereocenters. The van der Waals surface area contributed by atoms with Crippen molar-refractivity contribution in [2.24, 2.45) is 0 Å². The molecule has 2 heterocycles. The first kappa shape index (κ1) is 13.7. The van der Waals surface area contributed by atoms with Gasteiger partial charge in [0.05, 0.1) is 15.6 Å². The summed E-state index contributed by atoms with van der Waals surface area (Å²) in [5.41, 5.74) is 1.85. The molecule has 1 saturated heterocycles. The molecule has 1 fully saturated rings. The van der Waals surface area contributed by atoms with Crippen molar-refractivity contribution in [1.82, 2.24) is 9.29 Å². The molecule has 1 aromatic heterocycles. The summed E-state index contributed by atoms with van der Waals surface area (Å²) in [6.07, 6.45) is 1.91. The van der Waals surface area contributed by atoms with Crippen LogP contribution in [0.15, 0.2) is 34.5 Å². The van der Waals surface area contributed by atoms with E-state index in [0.717, 1.165) is 29.1 Å². The van der Waals surface area contributed by atoms with Crippen LogP contribution in [0.4, 0.5) is 0 Å². The molecule has 3 rings (SSSR count). The summed E-state index contributed by atoms with van der Waals surface area (Å²) in [7, 11) is -3.32. The number of sulfonamides is 1. The number of rotatable bonds is 3. The fraction of sp³-hybridized carbons (Fsp3) is 0.357. The van der Waals surface area contributed by atoms with E-state index in [-0.39, 0.29) is 0 Å². The summed E-state index contributed by atoms with van der Waals surface area (Å²) in [6, 6.07) is 7.02. The van der Waals surface area contributed by atoms with Gasteiger partial charge >= 0.3 is 0 Å². The van der Waals surface area contributed by atoms with Crippen LogP contribution in [0, 0.1) is 6.92 Å². The number of hydrogen-bond donors (Lipinski definition) is 0. The predicted octanol–water partition coefficient (Wildman–Crippen LogP) is 2.90. The van der Waals surface area contributed by atoms with E-state index >= 15 is 0 Å². The van der Waals surface area contributed by atoms with E-state index in [4.69, 9.17) is 0 Å². The molecule has 1 aliphatic rings. The Morgan fingerprint density at radius 2 is 1.80 bits per heavy atom. The summed E-state index contributed by atoms with van der Waals surface area (Å²) in [5, 5.41) is 2.99. The van der Waals surface area contributed by atoms with Gasteiger partial charge in [0.15, 0.2) is 0 Å². The zero-order chi connectivity index (χ0) is 14.2. The average molecular weight is 308 g/mol. The number of hydrogen-bond acceptors (Lipinski definition) is 4. The average Bonchev–Trinajstić information content (AvgIpc) is 3.10. The number of aryl methyl sites for hydroxylation is 1. The lowest BCUT2D eigenvalue weighted by atomic mass is 10.2. The Morgan fingerprint density at radius 3 is 2.35 bits per heavy atom. The van der Waals surface area contributed by atoms with Crippen molar-refractivity contribution in [3.63, 3.8) is 0 Å². The molecule has 0 radical (unpaired) electrons. The number of benzene rings is 1. The second kappa shape index (κ2) is 5.27. The monoisotopic (exact) mass is 308 g/mol. The van der Waals surface area contributed by atoms with Crippen LogP contribution in [-0.2, 0) is 10.0 Å². The van der Waals surface area contributed by atoms with Crippen LogP contribution < -0.4 is 0 Å². The summed E-state index contributed by atoms with van der Waals surface area (Å²) < 4.78 is 26.4. The quantitative estimate of drug-likeness (QED) is 0.876. The first-order chi connectivity index (χ1) is 9.57. The molecular weight excluding hydrogens is 292 g/mol. The molecular formula is C14H16N2O2S2. The molecule has 0 spiro atoms. The van der Waals surface area contributed by atoms with Crippen molar-refractivity contribution in [3.05, 3.63) is 34.7 Å². The number of nitrogens with zero attached hydrogens (tertiary/aromatic N) is 2. The maximum atomic E-state index is 12.4. The topological polar surface area (TPSA) is 50.3 Å². The highest BCUT2D eigenvalue weighted by Crippen LogP contribution is 2.25. The van der Waals surface area contributed by atoms with Crippen molar-refractivity contribution in [2.75, 3.05) is 13.1 Å². The summed E-state index contributed by atoms with van der Waals surface area (Å²) in [4.78, 5) is 4.78. The molecule has 0 saturated carbocycles. The van der Waals surface area contributed by atoms with Gasteiger partial charge in [-0.25, -0.2) is 13.4 Å². The maximum Gasteiger partial charge on any atom is 0.243 e. The van der Waals surface area contributed by atoms with Gasteiger partial charge in [-0.3, -0.25) is 0 Å². The normalized spacial score (nSPS) is 16.6. The number of aromatic nitrogens is 1. The Balaban J connectivity index is 1.89. The molecule has 2 aromatic rings. The molecule has 106 valence electrons. The molecule has 0 bridgehead atoms. The minimum atomic E-state index is -3.32. The van der Waals surface area contributed by atoms with Crippen molar-refractivity contribution in [1.29, 1.82) is 0 Å². The third-order valence-electron chi connectivity index (χ3n) is 3.47. The van der Waals surface area contributed by atoms with Crippen LogP contribution in [0.25, 0.3) is 11.3 Å². The second-order valence-electron chi connectivity index (χ2n) is 4.89. The largest absolute Gasteiger partial charge is 0.243 e. The van der Waals surface area contributed by atoms with E-state index in [1.807, 2.05) is 24.4 Å². The van der Waals surface area contributed by atoms with Crippen LogP contribution in [-0.4, -0.2) is 30.8 Å². The Kier molecular flexibility index (Phi) is 3.62. The highest BCUT2D eigenvalue weighted by atomic mass is 32.2. The molecule has 0 amide bonds. The second-order valence-corrected chi connectivity index (χ2v) is 7.89. The van der Waals surface area contributed by atoms with Gasteiger partial charge in [-0.1, -0.05) is 12.1 Å². The third-order valence-corrected chi connectivity index (χ3v) is 6.16. The Bertz CT molecular complexity index is 699. The third kappa shape index (κ3) is 2.51. The molecule has 4 nitrogen and oxygen atoms in total.